The molecule has 1 saturated heterocycles. The van der Waals surface area contributed by atoms with E-state index in [0.29, 0.717) is 37.5 Å². The van der Waals surface area contributed by atoms with Gasteiger partial charge in [0.1, 0.15) is 5.82 Å². The van der Waals surface area contributed by atoms with E-state index < -0.39 is 0 Å². The van der Waals surface area contributed by atoms with Crippen molar-refractivity contribution in [3.63, 3.8) is 0 Å². The number of carbonyl (C=O) groups excluding carboxylic acids is 1. The number of nitrogens with zero attached hydrogens (tertiary/aromatic N) is 1. The minimum absolute atomic E-state index is 0.0743. The van der Waals surface area contributed by atoms with Crippen LogP contribution in [-0.4, -0.2) is 51.6 Å². The van der Waals surface area contributed by atoms with Crippen LogP contribution in [-0.2, 0) is 16.0 Å². The molecule has 2 rings (SSSR count). The highest BCUT2D eigenvalue weighted by molar-refractivity contribution is 5.73. The predicted molar refractivity (Wildman–Crippen MR) is 90.7 cm³/mol. The van der Waals surface area contributed by atoms with E-state index in [9.17, 15) is 9.18 Å². The highest BCUT2D eigenvalue weighted by Gasteiger charge is 2.24. The normalized spacial score (nSPS) is 20.8. The van der Waals surface area contributed by atoms with Gasteiger partial charge in [0.25, 0.3) is 0 Å². The zero-order chi connectivity index (χ0) is 17.5. The number of morpholine rings is 1. The number of carbonyl (C=O) groups is 1. The molecule has 2 N–H and O–H groups in total. The van der Waals surface area contributed by atoms with E-state index in [4.69, 9.17) is 9.47 Å². The predicted octanol–water partition coefficient (Wildman–Crippen LogP) is 1.88. The van der Waals surface area contributed by atoms with Crippen LogP contribution in [0.1, 0.15) is 19.4 Å². The lowest BCUT2D eigenvalue weighted by molar-refractivity contribution is -0.00539. The number of rotatable bonds is 6. The molecule has 1 heterocycles. The first-order valence-electron chi connectivity index (χ1n) is 8.19. The topological polar surface area (TPSA) is 62.8 Å². The van der Waals surface area contributed by atoms with Gasteiger partial charge in [-0.25, -0.2) is 9.18 Å². The lowest BCUT2D eigenvalue weighted by atomic mass is 10.1. The van der Waals surface area contributed by atoms with Gasteiger partial charge in [0.05, 0.1) is 24.5 Å². The van der Waals surface area contributed by atoms with E-state index >= 15 is 0 Å². The third-order valence-electron chi connectivity index (χ3n) is 3.82. The van der Waals surface area contributed by atoms with E-state index in [-0.39, 0.29) is 30.6 Å². The molecular weight excluding hydrogens is 313 g/mol. The first-order chi connectivity index (χ1) is 11.5. The molecule has 1 aromatic carbocycles. The zero-order valence-electron chi connectivity index (χ0n) is 14.5. The number of hydrogen-bond donors (Lipinski definition) is 2. The van der Waals surface area contributed by atoms with Crippen LogP contribution in [0.15, 0.2) is 18.2 Å². The molecule has 6 nitrogen and oxygen atoms in total. The quantitative estimate of drug-likeness (QED) is 0.777. The Kier molecular flexibility index (Phi) is 6.81. The van der Waals surface area contributed by atoms with Gasteiger partial charge in [-0.15, -0.1) is 0 Å². The number of amides is 2. The number of nitrogens with one attached hydrogen (secondary N) is 2. The molecule has 7 heteroatoms. The molecule has 0 spiro atoms. The molecule has 2 amide bonds. The molecular formula is C17H26FN3O3. The van der Waals surface area contributed by atoms with Gasteiger partial charge in [-0.3, -0.25) is 0 Å². The summed E-state index contributed by atoms with van der Waals surface area (Å²) in [6, 6.07) is 4.76. The van der Waals surface area contributed by atoms with Gasteiger partial charge in [-0.05, 0) is 31.5 Å². The van der Waals surface area contributed by atoms with Crippen molar-refractivity contribution in [2.24, 2.45) is 0 Å². The summed E-state index contributed by atoms with van der Waals surface area (Å²) >= 11 is 0. The van der Waals surface area contributed by atoms with Crippen LogP contribution in [0.3, 0.4) is 0 Å². The number of ether oxygens (including phenoxy) is 2. The molecule has 0 aliphatic carbocycles. The minimum atomic E-state index is -0.299. The summed E-state index contributed by atoms with van der Waals surface area (Å²) in [6.07, 6.45) is 0.149. The molecule has 0 bridgehead atoms. The fourth-order valence-electron chi connectivity index (χ4n) is 2.80. The molecule has 1 aliphatic rings. The van der Waals surface area contributed by atoms with Crippen LogP contribution < -0.4 is 15.5 Å². The summed E-state index contributed by atoms with van der Waals surface area (Å²) in [6.45, 7) is 6.46. The molecule has 134 valence electrons. The van der Waals surface area contributed by atoms with Gasteiger partial charge >= 0.3 is 6.03 Å². The largest absolute Gasteiger partial charge is 0.383 e. The summed E-state index contributed by atoms with van der Waals surface area (Å²) in [5.41, 5.74) is 1.29. The molecule has 1 aliphatic heterocycles. The molecule has 0 unspecified atom stereocenters. The summed E-state index contributed by atoms with van der Waals surface area (Å²) in [4.78, 5) is 13.6. The Balaban J connectivity index is 1.91. The summed E-state index contributed by atoms with van der Waals surface area (Å²) < 4.78 is 25.0. The second-order valence-corrected chi connectivity index (χ2v) is 6.05. The number of hydrogen-bond acceptors (Lipinski definition) is 4. The van der Waals surface area contributed by atoms with Crippen LogP contribution in [0.4, 0.5) is 14.9 Å². The molecule has 24 heavy (non-hydrogen) atoms. The number of benzene rings is 1. The zero-order valence-corrected chi connectivity index (χ0v) is 14.5. The maximum Gasteiger partial charge on any atom is 0.315 e. The van der Waals surface area contributed by atoms with E-state index in [1.165, 1.54) is 6.07 Å². The van der Waals surface area contributed by atoms with Crippen molar-refractivity contribution in [2.45, 2.75) is 32.6 Å². The standard InChI is InChI=1S/C17H26FN3O3/c1-12-10-21(11-13(2)24-12)16-5-4-14(8-15(16)18)9-20-17(22)19-6-7-23-3/h4-5,8,12-13H,6-7,9-11H2,1-3H3,(H2,19,20,22)/t12-,13-/m0/s1. The summed E-state index contributed by atoms with van der Waals surface area (Å²) in [5, 5.41) is 5.34. The molecule has 0 aromatic heterocycles. The fourth-order valence-corrected chi connectivity index (χ4v) is 2.80. The van der Waals surface area contributed by atoms with Crippen molar-refractivity contribution in [3.8, 4) is 0 Å². The molecule has 2 atom stereocenters. The van der Waals surface area contributed by atoms with Crippen LogP contribution in [0, 0.1) is 5.82 Å². The summed E-state index contributed by atoms with van der Waals surface area (Å²) in [7, 11) is 1.57. The Morgan fingerprint density at radius 2 is 2.04 bits per heavy atom. The Labute approximate surface area is 142 Å². The van der Waals surface area contributed by atoms with Crippen molar-refractivity contribution in [2.75, 3.05) is 38.3 Å². The maximum absolute atomic E-state index is 14.4. The van der Waals surface area contributed by atoms with Gasteiger partial charge in [-0.1, -0.05) is 6.07 Å². The smallest absolute Gasteiger partial charge is 0.315 e. The first-order valence-corrected chi connectivity index (χ1v) is 8.19. The number of anilines is 1. The van der Waals surface area contributed by atoms with Gasteiger partial charge in [0.15, 0.2) is 0 Å². The van der Waals surface area contributed by atoms with E-state index in [2.05, 4.69) is 10.6 Å². The average Bonchev–Trinajstić information content (AvgIpc) is 2.52. The SMILES string of the molecule is COCCNC(=O)NCc1ccc(N2C[C@H](C)O[C@@H](C)C2)c(F)c1. The number of methoxy groups -OCH3 is 1. The highest BCUT2D eigenvalue weighted by atomic mass is 19.1. The van der Waals surface area contributed by atoms with E-state index in [1.54, 1.807) is 13.2 Å². The van der Waals surface area contributed by atoms with Crippen molar-refractivity contribution >= 4 is 11.7 Å². The lowest BCUT2D eigenvalue weighted by Crippen LogP contribution is -2.45. The van der Waals surface area contributed by atoms with Crippen LogP contribution >= 0.6 is 0 Å². The summed E-state index contributed by atoms with van der Waals surface area (Å²) in [5.74, 6) is -0.282. The monoisotopic (exact) mass is 339 g/mol. The van der Waals surface area contributed by atoms with Gasteiger partial charge in [0, 0.05) is 33.3 Å². The van der Waals surface area contributed by atoms with E-state index in [0.717, 1.165) is 0 Å². The fraction of sp³-hybridized carbons (Fsp3) is 0.588. The van der Waals surface area contributed by atoms with Gasteiger partial charge < -0.3 is 25.0 Å². The van der Waals surface area contributed by atoms with Crippen LogP contribution in [0.5, 0.6) is 0 Å². The van der Waals surface area contributed by atoms with E-state index in [1.807, 2.05) is 24.8 Å². The second kappa shape index (κ2) is 8.84. The van der Waals surface area contributed by atoms with Crippen LogP contribution in [0.2, 0.25) is 0 Å². The van der Waals surface area contributed by atoms with Crippen LogP contribution in [0.25, 0.3) is 0 Å². The maximum atomic E-state index is 14.4. The molecule has 1 aromatic rings. The van der Waals surface area contributed by atoms with Gasteiger partial charge in [0.2, 0.25) is 0 Å². The van der Waals surface area contributed by atoms with Gasteiger partial charge in [-0.2, -0.15) is 0 Å². The van der Waals surface area contributed by atoms with Crippen molar-refractivity contribution in [3.05, 3.63) is 29.6 Å². The third-order valence-corrected chi connectivity index (χ3v) is 3.82. The molecule has 1 fully saturated rings. The second-order valence-electron chi connectivity index (χ2n) is 6.05. The van der Waals surface area contributed by atoms with Crippen molar-refractivity contribution in [1.29, 1.82) is 0 Å². The van der Waals surface area contributed by atoms with Crippen molar-refractivity contribution in [1.82, 2.24) is 10.6 Å². The average molecular weight is 339 g/mol. The van der Waals surface area contributed by atoms with Crippen molar-refractivity contribution < 1.29 is 18.7 Å². The molecule has 0 saturated carbocycles. The third kappa shape index (κ3) is 5.35. The molecule has 0 radical (unpaired) electrons. The Morgan fingerprint density at radius 3 is 2.67 bits per heavy atom. The highest BCUT2D eigenvalue weighted by Crippen LogP contribution is 2.24. The first kappa shape index (κ1) is 18.5. The Hall–Kier alpha value is -1.86. The Morgan fingerprint density at radius 1 is 1.33 bits per heavy atom. The lowest BCUT2D eigenvalue weighted by Gasteiger charge is -2.37. The minimum Gasteiger partial charge on any atom is -0.383 e. The number of urea groups is 1. The Bertz CT molecular complexity index is 546. The number of halogens is 1.